The van der Waals surface area contributed by atoms with Crippen molar-refractivity contribution < 1.29 is 4.79 Å². The van der Waals surface area contributed by atoms with E-state index in [2.05, 4.69) is 4.90 Å². The first-order valence-corrected chi connectivity index (χ1v) is 7.85. The number of carbonyl (C=O) groups excluding carboxylic acids is 1. The molecular formula is C17H23ClN2O. The molecule has 3 nitrogen and oxygen atoms in total. The van der Waals surface area contributed by atoms with Gasteiger partial charge in [0.25, 0.3) is 5.91 Å². The van der Waals surface area contributed by atoms with Gasteiger partial charge in [-0.05, 0) is 68.1 Å². The van der Waals surface area contributed by atoms with E-state index in [9.17, 15) is 4.79 Å². The number of rotatable bonds is 1. The Hall–Kier alpha value is -1.22. The summed E-state index contributed by atoms with van der Waals surface area (Å²) in [6.07, 6.45) is 6.54. The van der Waals surface area contributed by atoms with Crippen molar-refractivity contribution in [3.63, 3.8) is 0 Å². The molecule has 4 heteroatoms. The van der Waals surface area contributed by atoms with Gasteiger partial charge < -0.3 is 10.6 Å². The lowest BCUT2D eigenvalue weighted by molar-refractivity contribution is 0.0633. The molecule has 2 atom stereocenters. The van der Waals surface area contributed by atoms with E-state index in [0.717, 1.165) is 29.9 Å². The first kappa shape index (κ1) is 14.7. The van der Waals surface area contributed by atoms with Crippen molar-refractivity contribution >= 4 is 24.0 Å². The fourth-order valence-electron chi connectivity index (χ4n) is 4.87. The Kier molecular flexibility index (Phi) is 3.87. The van der Waals surface area contributed by atoms with Gasteiger partial charge in [-0.25, -0.2) is 0 Å². The molecular weight excluding hydrogens is 284 g/mol. The van der Waals surface area contributed by atoms with Gasteiger partial charge in [-0.2, -0.15) is 0 Å². The van der Waals surface area contributed by atoms with E-state index >= 15 is 0 Å². The zero-order valence-corrected chi connectivity index (χ0v) is 13.0. The average Bonchev–Trinajstić information content (AvgIpc) is 2.62. The summed E-state index contributed by atoms with van der Waals surface area (Å²) in [6, 6.07) is 7.91. The SMILES string of the molecule is Cl.Nc1cccc(C(=O)N2CC3CC4CC(C3)CC2C4)c1. The second kappa shape index (κ2) is 5.53. The van der Waals surface area contributed by atoms with Gasteiger partial charge in [-0.15, -0.1) is 12.4 Å². The van der Waals surface area contributed by atoms with Crippen LogP contribution in [-0.2, 0) is 0 Å². The number of nitrogens with two attached hydrogens (primary N) is 1. The van der Waals surface area contributed by atoms with Crippen molar-refractivity contribution in [1.29, 1.82) is 0 Å². The van der Waals surface area contributed by atoms with E-state index in [1.165, 1.54) is 32.1 Å². The van der Waals surface area contributed by atoms with E-state index < -0.39 is 0 Å². The summed E-state index contributed by atoms with van der Waals surface area (Å²) in [4.78, 5) is 15.0. The van der Waals surface area contributed by atoms with Crippen molar-refractivity contribution in [2.45, 2.75) is 38.1 Å². The molecule has 0 aromatic heterocycles. The van der Waals surface area contributed by atoms with Gasteiger partial charge in [0.2, 0.25) is 0 Å². The number of anilines is 1. The molecule has 4 bridgehead atoms. The number of benzene rings is 1. The second-order valence-corrected chi connectivity index (χ2v) is 7.01. The van der Waals surface area contributed by atoms with Crippen molar-refractivity contribution in [2.75, 3.05) is 12.3 Å². The van der Waals surface area contributed by atoms with Gasteiger partial charge in [0.05, 0.1) is 0 Å². The highest BCUT2D eigenvalue weighted by Crippen LogP contribution is 2.47. The summed E-state index contributed by atoms with van der Waals surface area (Å²) in [5.74, 6) is 2.67. The highest BCUT2D eigenvalue weighted by Gasteiger charge is 2.44. The second-order valence-electron chi connectivity index (χ2n) is 7.01. The molecule has 0 radical (unpaired) electrons. The molecule has 0 spiro atoms. The lowest BCUT2D eigenvalue weighted by atomic mass is 9.68. The minimum atomic E-state index is 0. The zero-order chi connectivity index (χ0) is 13.7. The Morgan fingerprint density at radius 1 is 1.05 bits per heavy atom. The van der Waals surface area contributed by atoms with Crippen LogP contribution in [0.1, 0.15) is 42.5 Å². The van der Waals surface area contributed by atoms with Crippen LogP contribution >= 0.6 is 12.4 Å². The van der Waals surface area contributed by atoms with Crippen LogP contribution < -0.4 is 5.73 Å². The van der Waals surface area contributed by atoms with E-state index in [-0.39, 0.29) is 18.3 Å². The van der Waals surface area contributed by atoms with E-state index in [4.69, 9.17) is 5.73 Å². The van der Waals surface area contributed by atoms with Crippen LogP contribution in [0.3, 0.4) is 0 Å². The molecule has 5 rings (SSSR count). The van der Waals surface area contributed by atoms with Crippen molar-refractivity contribution in [2.24, 2.45) is 17.8 Å². The number of nitrogen functional groups attached to an aromatic ring is 1. The lowest BCUT2D eigenvalue weighted by Gasteiger charge is -2.39. The molecule has 1 aromatic carbocycles. The lowest BCUT2D eigenvalue weighted by Crippen LogP contribution is -2.42. The zero-order valence-electron chi connectivity index (χ0n) is 12.2. The minimum absolute atomic E-state index is 0. The van der Waals surface area contributed by atoms with Crippen LogP contribution in [-0.4, -0.2) is 23.4 Å². The number of amides is 1. The summed E-state index contributed by atoms with van der Waals surface area (Å²) in [5.41, 5.74) is 7.26. The fraction of sp³-hybridized carbons (Fsp3) is 0.588. The summed E-state index contributed by atoms with van der Waals surface area (Å²) in [7, 11) is 0. The van der Waals surface area contributed by atoms with Crippen molar-refractivity contribution in [3.05, 3.63) is 29.8 Å². The number of hydrogen-bond acceptors (Lipinski definition) is 2. The Labute approximate surface area is 132 Å². The molecule has 4 aliphatic rings. The Morgan fingerprint density at radius 2 is 1.71 bits per heavy atom. The summed E-state index contributed by atoms with van der Waals surface area (Å²) in [5, 5.41) is 0. The van der Waals surface area contributed by atoms with Gasteiger partial charge in [-0.3, -0.25) is 4.79 Å². The van der Waals surface area contributed by atoms with Crippen molar-refractivity contribution in [1.82, 2.24) is 4.90 Å². The standard InChI is InChI=1S/C17H22N2O.ClH/c18-15-3-1-2-14(9-15)17(20)19-10-13-5-11-4-12(6-13)8-16(19)7-11;/h1-3,9,11-13,16H,4-8,10,18H2;1H. The predicted octanol–water partition coefficient (Wildman–Crippen LogP) is 3.34. The summed E-state index contributed by atoms with van der Waals surface area (Å²) in [6.45, 7) is 0.964. The first-order valence-electron chi connectivity index (χ1n) is 7.85. The average molecular weight is 307 g/mol. The normalized spacial score (nSPS) is 33.4. The van der Waals surface area contributed by atoms with Gasteiger partial charge in [0.1, 0.15) is 0 Å². The maximum absolute atomic E-state index is 12.8. The van der Waals surface area contributed by atoms with E-state index in [1.807, 2.05) is 24.3 Å². The molecule has 1 aromatic rings. The Bertz CT molecular complexity index is 533. The molecule has 2 saturated heterocycles. The number of nitrogens with zero attached hydrogens (tertiary/aromatic N) is 1. The molecule has 2 heterocycles. The van der Waals surface area contributed by atoms with E-state index in [1.54, 1.807) is 0 Å². The third kappa shape index (κ3) is 2.64. The number of fused-ring (bicyclic) bond motifs is 1. The number of halogens is 1. The molecule has 2 unspecified atom stereocenters. The van der Waals surface area contributed by atoms with Crippen LogP contribution in [0.4, 0.5) is 5.69 Å². The van der Waals surface area contributed by atoms with Crippen LogP contribution in [0.15, 0.2) is 24.3 Å². The number of carbonyl (C=O) groups is 1. The molecule has 2 aliphatic heterocycles. The highest BCUT2D eigenvalue weighted by molar-refractivity contribution is 5.95. The Morgan fingerprint density at radius 3 is 2.38 bits per heavy atom. The molecule has 1 amide bonds. The van der Waals surface area contributed by atoms with Crippen LogP contribution in [0.25, 0.3) is 0 Å². The maximum atomic E-state index is 12.8. The molecule has 2 aliphatic carbocycles. The van der Waals surface area contributed by atoms with Gasteiger partial charge in [0.15, 0.2) is 0 Å². The third-order valence-electron chi connectivity index (χ3n) is 5.50. The molecule has 21 heavy (non-hydrogen) atoms. The first-order chi connectivity index (χ1) is 9.69. The van der Waals surface area contributed by atoms with Crippen LogP contribution in [0.5, 0.6) is 0 Å². The summed E-state index contributed by atoms with van der Waals surface area (Å²) < 4.78 is 0. The van der Waals surface area contributed by atoms with E-state index in [0.29, 0.717) is 11.7 Å². The monoisotopic (exact) mass is 306 g/mol. The van der Waals surface area contributed by atoms with Gasteiger partial charge in [-0.1, -0.05) is 6.07 Å². The predicted molar refractivity (Wildman–Crippen MR) is 86.5 cm³/mol. The molecule has 2 saturated carbocycles. The van der Waals surface area contributed by atoms with Gasteiger partial charge in [0, 0.05) is 23.8 Å². The molecule has 4 fully saturated rings. The molecule has 2 N–H and O–H groups in total. The smallest absolute Gasteiger partial charge is 0.254 e. The van der Waals surface area contributed by atoms with Crippen molar-refractivity contribution in [3.8, 4) is 0 Å². The topological polar surface area (TPSA) is 46.3 Å². The van der Waals surface area contributed by atoms with Crippen LogP contribution in [0.2, 0.25) is 0 Å². The minimum Gasteiger partial charge on any atom is -0.399 e. The van der Waals surface area contributed by atoms with Crippen LogP contribution in [0, 0.1) is 17.8 Å². The highest BCUT2D eigenvalue weighted by atomic mass is 35.5. The molecule has 114 valence electrons. The van der Waals surface area contributed by atoms with Gasteiger partial charge >= 0.3 is 0 Å². The fourth-order valence-corrected chi connectivity index (χ4v) is 4.87. The number of hydrogen-bond donors (Lipinski definition) is 1. The third-order valence-corrected chi connectivity index (χ3v) is 5.50. The maximum Gasteiger partial charge on any atom is 0.254 e. The largest absolute Gasteiger partial charge is 0.399 e. The quantitative estimate of drug-likeness (QED) is 0.809. The summed E-state index contributed by atoms with van der Waals surface area (Å²) >= 11 is 0. The Balaban J connectivity index is 0.00000132.